The normalized spacial score (nSPS) is 18.2. The zero-order chi connectivity index (χ0) is 19.4. The van der Waals surface area contributed by atoms with Gasteiger partial charge in [0, 0.05) is 13.1 Å². The average molecular weight is 391 g/mol. The van der Waals surface area contributed by atoms with Gasteiger partial charge < -0.3 is 14.4 Å². The molecule has 0 aromatic heterocycles. The largest absolute Gasteiger partial charge is 0.482 e. The molecule has 1 saturated heterocycles. The third-order valence-corrected chi connectivity index (χ3v) is 6.33. The zero-order valence-corrected chi connectivity index (χ0v) is 15.8. The third kappa shape index (κ3) is 4.97. The fraction of sp³-hybridized carbons (Fsp3) is 0.368. The molecule has 0 bridgehead atoms. The highest BCUT2D eigenvalue weighted by Gasteiger charge is 2.32. The molecule has 1 heterocycles. The van der Waals surface area contributed by atoms with Gasteiger partial charge in [0.15, 0.2) is 23.1 Å². The number of carbonyl (C=O) groups is 2. The van der Waals surface area contributed by atoms with Crippen LogP contribution in [0.5, 0.6) is 5.75 Å². The summed E-state index contributed by atoms with van der Waals surface area (Å²) in [5.41, 5.74) is 0. The van der Waals surface area contributed by atoms with Crippen LogP contribution < -0.4 is 4.74 Å². The van der Waals surface area contributed by atoms with Crippen molar-refractivity contribution in [1.82, 2.24) is 4.90 Å². The van der Waals surface area contributed by atoms with Crippen molar-refractivity contribution in [3.63, 3.8) is 0 Å². The number of carbonyl (C=O) groups excluding carboxylic acids is 2. The van der Waals surface area contributed by atoms with Gasteiger partial charge in [0.05, 0.1) is 11.5 Å². The fourth-order valence-electron chi connectivity index (χ4n) is 2.97. The molecule has 1 fully saturated rings. The van der Waals surface area contributed by atoms with Crippen LogP contribution in [-0.4, -0.2) is 63.0 Å². The molecule has 0 saturated carbocycles. The Labute approximate surface area is 157 Å². The van der Waals surface area contributed by atoms with Crippen molar-refractivity contribution in [2.75, 3.05) is 31.8 Å². The molecule has 2 aromatic carbocycles. The molecule has 7 nitrogen and oxygen atoms in total. The predicted octanol–water partition coefficient (Wildman–Crippen LogP) is 1.41. The lowest BCUT2D eigenvalue weighted by Gasteiger charge is -2.23. The minimum absolute atomic E-state index is 0.0474. The molecule has 3 rings (SSSR count). The Kier molecular flexibility index (Phi) is 5.65. The van der Waals surface area contributed by atoms with E-state index in [0.29, 0.717) is 12.2 Å². The molecule has 1 aliphatic rings. The highest BCUT2D eigenvalue weighted by atomic mass is 32.2. The maximum atomic E-state index is 12.1. The summed E-state index contributed by atoms with van der Waals surface area (Å²) in [6.45, 7) is -0.750. The summed E-state index contributed by atoms with van der Waals surface area (Å²) in [7, 11) is -1.56. The van der Waals surface area contributed by atoms with Crippen LogP contribution in [0.3, 0.4) is 0 Å². The van der Waals surface area contributed by atoms with Crippen LogP contribution in [0, 0.1) is 0 Å². The highest BCUT2D eigenvalue weighted by molar-refractivity contribution is 7.91. The number of ether oxygens (including phenoxy) is 2. The van der Waals surface area contributed by atoms with E-state index in [0.717, 1.165) is 10.8 Å². The number of amides is 1. The van der Waals surface area contributed by atoms with Gasteiger partial charge in [0.25, 0.3) is 5.91 Å². The number of rotatable bonds is 6. The first-order chi connectivity index (χ1) is 12.8. The van der Waals surface area contributed by atoms with E-state index < -0.39 is 28.3 Å². The maximum Gasteiger partial charge on any atom is 0.344 e. The summed E-state index contributed by atoms with van der Waals surface area (Å²) in [4.78, 5) is 25.2. The Morgan fingerprint density at radius 2 is 1.85 bits per heavy atom. The second-order valence-corrected chi connectivity index (χ2v) is 8.75. The molecule has 0 aliphatic carbocycles. The van der Waals surface area contributed by atoms with Crippen molar-refractivity contribution in [3.8, 4) is 5.75 Å². The SMILES string of the molecule is CN(C(=O)COC(=O)COc1ccc2ccccc2c1)[C@@H]1CCS(=O)(=O)C1. The van der Waals surface area contributed by atoms with E-state index in [-0.39, 0.29) is 24.2 Å². The summed E-state index contributed by atoms with van der Waals surface area (Å²) in [5, 5.41) is 2.06. The first-order valence-electron chi connectivity index (χ1n) is 8.57. The number of hydrogen-bond acceptors (Lipinski definition) is 6. The molecule has 0 unspecified atom stereocenters. The van der Waals surface area contributed by atoms with Crippen LogP contribution in [0.4, 0.5) is 0 Å². The van der Waals surface area contributed by atoms with Gasteiger partial charge in [-0.25, -0.2) is 13.2 Å². The van der Waals surface area contributed by atoms with Crippen molar-refractivity contribution < 1.29 is 27.5 Å². The molecule has 144 valence electrons. The molecule has 0 N–H and O–H groups in total. The Hall–Kier alpha value is -2.61. The number of benzene rings is 2. The molecular weight excluding hydrogens is 370 g/mol. The van der Waals surface area contributed by atoms with E-state index in [1.807, 2.05) is 36.4 Å². The Bertz CT molecular complexity index is 956. The van der Waals surface area contributed by atoms with Crippen LogP contribution in [0.2, 0.25) is 0 Å². The molecular formula is C19H21NO6S. The van der Waals surface area contributed by atoms with E-state index >= 15 is 0 Å². The summed E-state index contributed by atoms with van der Waals surface area (Å²) in [5.74, 6) is -0.534. The van der Waals surface area contributed by atoms with Gasteiger partial charge >= 0.3 is 5.97 Å². The summed E-state index contributed by atoms with van der Waals surface area (Å²) in [6, 6.07) is 12.9. The summed E-state index contributed by atoms with van der Waals surface area (Å²) < 4.78 is 33.3. The molecule has 1 atom stereocenters. The lowest BCUT2D eigenvalue weighted by Crippen LogP contribution is -2.40. The molecule has 1 amide bonds. The van der Waals surface area contributed by atoms with E-state index in [9.17, 15) is 18.0 Å². The first kappa shape index (κ1) is 19.2. The van der Waals surface area contributed by atoms with Gasteiger partial charge in [-0.15, -0.1) is 0 Å². The van der Waals surface area contributed by atoms with Crippen molar-refractivity contribution >= 4 is 32.5 Å². The van der Waals surface area contributed by atoms with E-state index in [1.54, 1.807) is 6.07 Å². The number of hydrogen-bond donors (Lipinski definition) is 0. The van der Waals surface area contributed by atoms with Crippen molar-refractivity contribution in [2.24, 2.45) is 0 Å². The smallest absolute Gasteiger partial charge is 0.344 e. The Morgan fingerprint density at radius 3 is 2.56 bits per heavy atom. The van der Waals surface area contributed by atoms with Crippen LogP contribution >= 0.6 is 0 Å². The van der Waals surface area contributed by atoms with Crippen LogP contribution in [0.15, 0.2) is 42.5 Å². The maximum absolute atomic E-state index is 12.1. The highest BCUT2D eigenvalue weighted by Crippen LogP contribution is 2.20. The van der Waals surface area contributed by atoms with E-state index in [2.05, 4.69) is 0 Å². The summed E-state index contributed by atoms with van der Waals surface area (Å²) in [6.07, 6.45) is 0.406. The van der Waals surface area contributed by atoms with Gasteiger partial charge in [-0.1, -0.05) is 30.3 Å². The van der Waals surface area contributed by atoms with Gasteiger partial charge in [0.1, 0.15) is 5.75 Å². The van der Waals surface area contributed by atoms with Gasteiger partial charge in [-0.2, -0.15) is 0 Å². The lowest BCUT2D eigenvalue weighted by atomic mass is 10.1. The lowest BCUT2D eigenvalue weighted by molar-refractivity contribution is -0.153. The molecule has 27 heavy (non-hydrogen) atoms. The zero-order valence-electron chi connectivity index (χ0n) is 15.0. The molecule has 2 aromatic rings. The number of likely N-dealkylation sites (N-methyl/N-ethyl adjacent to an activating group) is 1. The first-order valence-corrected chi connectivity index (χ1v) is 10.4. The van der Waals surface area contributed by atoms with Crippen molar-refractivity contribution in [3.05, 3.63) is 42.5 Å². The van der Waals surface area contributed by atoms with Gasteiger partial charge in [-0.05, 0) is 29.3 Å². The van der Waals surface area contributed by atoms with Gasteiger partial charge in [0.2, 0.25) is 0 Å². The second kappa shape index (κ2) is 7.96. The molecule has 8 heteroatoms. The van der Waals surface area contributed by atoms with Crippen LogP contribution in [0.1, 0.15) is 6.42 Å². The molecule has 0 spiro atoms. The Balaban J connectivity index is 1.45. The number of esters is 1. The van der Waals surface area contributed by atoms with Crippen LogP contribution in [-0.2, 0) is 24.2 Å². The van der Waals surface area contributed by atoms with E-state index in [1.165, 1.54) is 11.9 Å². The number of nitrogens with zero attached hydrogens (tertiary/aromatic N) is 1. The standard InChI is InChI=1S/C19H21NO6S/c1-20(16-8-9-27(23,24)13-16)18(21)11-26-19(22)12-25-17-7-6-14-4-2-3-5-15(14)10-17/h2-7,10,16H,8-9,11-13H2,1H3/t16-/m1/s1. The average Bonchev–Trinajstić information content (AvgIpc) is 3.03. The van der Waals surface area contributed by atoms with Crippen LogP contribution in [0.25, 0.3) is 10.8 Å². The topological polar surface area (TPSA) is 90.0 Å². The minimum Gasteiger partial charge on any atom is -0.482 e. The number of sulfone groups is 1. The van der Waals surface area contributed by atoms with Gasteiger partial charge in [-0.3, -0.25) is 4.79 Å². The third-order valence-electron chi connectivity index (χ3n) is 4.58. The second-order valence-electron chi connectivity index (χ2n) is 6.52. The predicted molar refractivity (Wildman–Crippen MR) is 100 cm³/mol. The van der Waals surface area contributed by atoms with E-state index in [4.69, 9.17) is 9.47 Å². The fourth-order valence-corrected chi connectivity index (χ4v) is 4.74. The molecule has 0 radical (unpaired) electrons. The Morgan fingerprint density at radius 1 is 1.11 bits per heavy atom. The number of fused-ring (bicyclic) bond motifs is 1. The quantitative estimate of drug-likeness (QED) is 0.692. The van der Waals surface area contributed by atoms with Crippen molar-refractivity contribution in [2.45, 2.75) is 12.5 Å². The minimum atomic E-state index is -3.08. The monoisotopic (exact) mass is 391 g/mol. The molecule has 1 aliphatic heterocycles. The van der Waals surface area contributed by atoms with Crippen molar-refractivity contribution in [1.29, 1.82) is 0 Å². The summed E-state index contributed by atoms with van der Waals surface area (Å²) >= 11 is 0.